The predicted octanol–water partition coefficient (Wildman–Crippen LogP) is 9.05. The molecule has 638 valence electrons. The predicted molar refractivity (Wildman–Crippen MR) is 437 cm³/mol. The Bertz CT molecular complexity index is 5730. The molecule has 3 aromatic carbocycles. The van der Waals surface area contributed by atoms with Crippen molar-refractivity contribution in [3.63, 3.8) is 0 Å². The van der Waals surface area contributed by atoms with Gasteiger partial charge in [-0.25, -0.2) is 40.2 Å². The Labute approximate surface area is 680 Å². The molecule has 0 spiro atoms. The maximum Gasteiger partial charge on any atom is 0.294 e. The number of aliphatic hydroxyl groups excluding tert-OH is 1. The van der Waals surface area contributed by atoms with E-state index < -0.39 is 56.9 Å². The third kappa shape index (κ3) is 19.5. The number of H-pyrrole nitrogens is 3. The molecule has 0 saturated carbocycles. The number of aromatic amines is 3. The van der Waals surface area contributed by atoms with Crippen molar-refractivity contribution in [3.05, 3.63) is 140 Å². The molecular weight excluding hydrogens is 1600 g/mol. The number of carbonyl (C=O) groups is 2. The summed E-state index contributed by atoms with van der Waals surface area (Å²) in [5.41, 5.74) is 5.22. The lowest BCUT2D eigenvalue weighted by Gasteiger charge is -2.31. The number of aliphatic hydroxyl groups is 1. The molecule has 3 saturated heterocycles. The van der Waals surface area contributed by atoms with E-state index >= 15 is 0 Å². The van der Waals surface area contributed by atoms with Gasteiger partial charge in [-0.3, -0.25) is 24.0 Å². The number of fused-ring (bicyclic) bond motifs is 3. The molecule has 0 unspecified atom stereocenters. The van der Waals surface area contributed by atoms with E-state index in [2.05, 4.69) is 29.8 Å². The van der Waals surface area contributed by atoms with E-state index in [0.29, 0.717) is 212 Å². The van der Waals surface area contributed by atoms with Crippen LogP contribution in [0.15, 0.2) is 88.8 Å². The summed E-state index contributed by atoms with van der Waals surface area (Å²) in [4.78, 5) is 115. The average Bonchev–Trinajstić information content (AvgIpc) is 1.54. The van der Waals surface area contributed by atoms with Gasteiger partial charge in [-0.2, -0.15) is 12.9 Å². The molecule has 0 amide bonds. The number of ether oxygens (including phenoxy) is 3. The number of hydrogen-bond donors (Lipinski definition) is 5. The Balaban J connectivity index is 0.000000187. The minimum absolute atomic E-state index is 0.0159. The maximum atomic E-state index is 13.6. The van der Waals surface area contributed by atoms with E-state index in [1.54, 1.807) is 62.3 Å². The summed E-state index contributed by atoms with van der Waals surface area (Å²) in [6.07, 6.45) is 11.9. The number of rotatable bonds is 34. The van der Waals surface area contributed by atoms with Crippen molar-refractivity contribution in [3.8, 4) is 51.4 Å². The summed E-state index contributed by atoms with van der Waals surface area (Å²) in [5.74, 6) is 2.17. The van der Waals surface area contributed by atoms with Gasteiger partial charge in [0.2, 0.25) is 30.1 Å². The van der Waals surface area contributed by atoms with Crippen LogP contribution in [0.25, 0.3) is 67.3 Å². The van der Waals surface area contributed by atoms with Gasteiger partial charge in [-0.05, 0) is 170 Å². The Morgan fingerprint density at radius 1 is 0.483 bits per heavy atom. The second-order valence-corrected chi connectivity index (χ2v) is 34.7. The molecule has 0 aliphatic carbocycles. The minimum atomic E-state index is -3.89. The second kappa shape index (κ2) is 39.6. The van der Waals surface area contributed by atoms with Gasteiger partial charge in [0.05, 0.1) is 87.7 Å². The lowest BCUT2D eigenvalue weighted by molar-refractivity contribution is -0.758. The van der Waals surface area contributed by atoms with Crippen molar-refractivity contribution < 1.29 is 79.2 Å². The lowest BCUT2D eigenvalue weighted by atomic mass is 9.95. The number of aryl methyl sites for hydroxylation is 6. The Kier molecular flexibility index (Phi) is 30.1. The molecule has 5 N–H and O–H groups in total. The van der Waals surface area contributed by atoms with Crippen LogP contribution in [0.5, 0.6) is 17.2 Å². The van der Waals surface area contributed by atoms with E-state index in [4.69, 9.17) is 29.2 Å². The van der Waals surface area contributed by atoms with Crippen LogP contribution in [0.2, 0.25) is 0 Å². The number of hydrogen-bond acceptors (Lipinski definition) is 26. The van der Waals surface area contributed by atoms with Crippen LogP contribution >= 0.6 is 0 Å². The van der Waals surface area contributed by atoms with E-state index in [1.165, 1.54) is 60.1 Å². The van der Waals surface area contributed by atoms with Crippen molar-refractivity contribution in [1.29, 1.82) is 0 Å². The fourth-order valence-electron chi connectivity index (χ4n) is 15.6. The van der Waals surface area contributed by atoms with E-state index in [0.717, 1.165) is 31.1 Å². The normalized spacial score (nSPS) is 15.1. The first-order chi connectivity index (χ1) is 56.5. The number of sulfonamides is 3. The molecule has 9 heterocycles. The molecular formula is C78H101N15O22S3. The van der Waals surface area contributed by atoms with Crippen molar-refractivity contribution in [1.82, 2.24) is 56.5 Å². The van der Waals surface area contributed by atoms with Crippen LogP contribution in [0.1, 0.15) is 162 Å². The molecule has 3 aliphatic heterocycles. The summed E-state index contributed by atoms with van der Waals surface area (Å²) >= 11 is 0. The molecule has 40 heteroatoms. The van der Waals surface area contributed by atoms with Crippen LogP contribution in [0.4, 0.5) is 0 Å². The highest BCUT2D eigenvalue weighted by Gasteiger charge is 2.35. The fourth-order valence-corrected chi connectivity index (χ4v) is 20.1. The zero-order chi connectivity index (χ0) is 85.5. The molecule has 118 heavy (non-hydrogen) atoms. The first-order valence-electron chi connectivity index (χ1n) is 39.4. The fraction of sp³-hybridized carbons (Fsp3) is 0.500. The van der Waals surface area contributed by atoms with Crippen LogP contribution < -0.4 is 30.9 Å². The highest BCUT2D eigenvalue weighted by Crippen LogP contribution is 2.39. The van der Waals surface area contributed by atoms with Gasteiger partial charge in [0.15, 0.2) is 12.6 Å². The van der Waals surface area contributed by atoms with Gasteiger partial charge < -0.3 is 62.9 Å². The van der Waals surface area contributed by atoms with E-state index in [9.17, 15) is 79.8 Å². The third-order valence-electron chi connectivity index (χ3n) is 21.6. The quantitative estimate of drug-likeness (QED) is 0.00824. The number of nitrogens with zero attached hydrogens (tertiary/aromatic N) is 12. The Morgan fingerprint density at radius 3 is 1.03 bits per heavy atom. The summed E-state index contributed by atoms with van der Waals surface area (Å²) < 4.78 is 108. The van der Waals surface area contributed by atoms with Crippen molar-refractivity contribution in [2.45, 2.75) is 153 Å². The van der Waals surface area contributed by atoms with Crippen LogP contribution in [-0.4, -0.2) is 200 Å². The number of piperidine rings is 3. The highest BCUT2D eigenvalue weighted by molar-refractivity contribution is 7.89. The van der Waals surface area contributed by atoms with Crippen LogP contribution in [0.3, 0.4) is 0 Å². The maximum absolute atomic E-state index is 13.6. The zero-order valence-electron chi connectivity index (χ0n) is 67.4. The van der Waals surface area contributed by atoms with E-state index in [-0.39, 0.29) is 95.5 Å². The van der Waals surface area contributed by atoms with Gasteiger partial charge in [0, 0.05) is 83.7 Å². The topological polar surface area (TPSA) is 484 Å². The SMILES string of the molecule is CCCc1c(/C=N/O)n(C)c2c(=O)[nH]c(-c3cc(S(=O)(=O)N4CCC(CCO[N+](=O)[O-])CC4)ccc3OCC)nc12.CCCc1c(C=O)n(C)c2c(=O)[nH]c(-c3cc(S(=O)(=O)N4CCC(CCO)CC4)ccc3OCC)nc12.CCCc1c(C=O)n(C)c2c(=O)[nH]c(-c3cc(S(=O)(=O)N4CCC(CCO[N+](=O)[O-])CC4)ccc3OCC)nc12. The second-order valence-electron chi connectivity index (χ2n) is 28.9. The molecule has 12 rings (SSSR count). The summed E-state index contributed by atoms with van der Waals surface area (Å²) in [6.45, 7) is 14.2. The highest BCUT2D eigenvalue weighted by atomic mass is 32.2. The minimum Gasteiger partial charge on any atom is -0.493 e. The number of aromatic nitrogens is 9. The summed E-state index contributed by atoms with van der Waals surface area (Å²) in [5, 5.41) is 40.7. The number of nitrogens with one attached hydrogen (secondary N) is 3. The molecule has 37 nitrogen and oxygen atoms in total. The van der Waals surface area contributed by atoms with Crippen LogP contribution in [-0.2, 0) is 80.2 Å². The molecule has 3 aliphatic rings. The van der Waals surface area contributed by atoms with Gasteiger partial charge in [-0.1, -0.05) is 45.2 Å². The number of aldehydes is 2. The molecule has 0 atom stereocenters. The van der Waals surface area contributed by atoms with Gasteiger partial charge in [0.25, 0.3) is 26.9 Å². The summed E-state index contributed by atoms with van der Waals surface area (Å²) in [7, 11) is -6.59. The number of oxime groups is 1. The Hall–Kier alpha value is -10.8. The monoisotopic (exact) mass is 1700 g/mol. The van der Waals surface area contributed by atoms with Crippen molar-refractivity contribution >= 4 is 82.0 Å². The Morgan fingerprint density at radius 2 is 0.771 bits per heavy atom. The molecule has 9 aromatic rings. The third-order valence-corrected chi connectivity index (χ3v) is 27.3. The molecule has 0 radical (unpaired) electrons. The molecule has 3 fully saturated rings. The smallest absolute Gasteiger partial charge is 0.294 e. The van der Waals surface area contributed by atoms with Gasteiger partial charge in [-0.15, -0.1) is 20.2 Å². The first-order valence-corrected chi connectivity index (χ1v) is 43.7. The van der Waals surface area contributed by atoms with Crippen molar-refractivity contribution in [2.75, 3.05) is 78.9 Å². The van der Waals surface area contributed by atoms with Crippen LogP contribution in [0, 0.1) is 38.0 Å². The zero-order valence-corrected chi connectivity index (χ0v) is 69.9. The largest absolute Gasteiger partial charge is 0.493 e. The number of carbonyl (C=O) groups excluding carboxylic acids is 2. The van der Waals surface area contributed by atoms with Crippen molar-refractivity contribution in [2.24, 2.45) is 44.1 Å². The van der Waals surface area contributed by atoms with Gasteiger partial charge >= 0.3 is 0 Å². The van der Waals surface area contributed by atoms with Gasteiger partial charge in [0.1, 0.15) is 67.8 Å². The number of benzene rings is 3. The lowest BCUT2D eigenvalue weighted by Crippen LogP contribution is -2.38. The first kappa shape index (κ1) is 89.6. The summed E-state index contributed by atoms with van der Waals surface area (Å²) in [6, 6.07) is 13.5. The molecule has 0 bridgehead atoms. The average molecular weight is 1700 g/mol. The standard InChI is InChI=1S/C26H34N6O8S.C26H33N5O8S.C26H34N4O6S/c1-4-6-19-21(16-27-34)30(3)24-23(19)28-25(29-26(24)33)20-15-18(7-8-22(20)39-5-2)41(37,38)31-12-9-17(10-13-31)11-14-40-32(35)36;1-4-6-19-21(16-32)29(3)24-23(19)27-25(28-26(24)33)20-15-18(7-8-22(20)38-5-2)40(36,37)30-12-9-17(10-13-30)11-14-39-31(34)35;1-4-6-19-21(16-32)29(3)24-23(19)27-25(28-26(24)33)20-15-18(7-8-22(20)36-5-2)37(34,35)30-12-9-17(10-13-30)11-14-31/h7-8,15-17,34H,4-6,9-14H2,1-3H3,(H,28,29,33);7-8,15-17H,4-6,9-14H2,1-3H3,(H,27,28,33);7-8,15-17,31H,4-6,9-14H2,1-3H3,(H,27,28,33)/b27-16+;;. The van der Waals surface area contributed by atoms with E-state index in [1.807, 2.05) is 27.7 Å². The molecule has 6 aromatic heterocycles.